The van der Waals surface area contributed by atoms with Crippen molar-refractivity contribution in [1.29, 1.82) is 0 Å². The maximum atomic E-state index is 11.9. The van der Waals surface area contributed by atoms with Crippen molar-refractivity contribution in [3.8, 4) is 5.75 Å². The number of halogens is 4. The highest BCUT2D eigenvalue weighted by Gasteiger charge is 2.27. The second kappa shape index (κ2) is 8.60. The summed E-state index contributed by atoms with van der Waals surface area (Å²) in [5, 5.41) is 3.27. The van der Waals surface area contributed by atoms with Crippen LogP contribution in [-0.2, 0) is 4.74 Å². The number of hydrogen-bond donors (Lipinski definition) is 1. The van der Waals surface area contributed by atoms with Crippen LogP contribution in [0.1, 0.15) is 25.5 Å². The summed E-state index contributed by atoms with van der Waals surface area (Å²) in [6, 6.07) is 5.63. The maximum Gasteiger partial charge on any atom is 0.411 e. The average molecular weight is 370 g/mol. The summed E-state index contributed by atoms with van der Waals surface area (Å²) in [6.45, 7) is 3.52. The Hall–Kier alpha value is -0.790. The molecule has 0 aliphatic heterocycles. The molecule has 0 heterocycles. The number of hydrogen-bond acceptors (Lipinski definition) is 3. The average Bonchev–Trinajstić information content (AvgIpc) is 2.38. The standard InChI is InChI=1S/C14H19BrF3NO2/c1-3-19-10(2)12-8-11(15)4-5-13(12)21-7-6-20-9-14(16,17)18/h4-5,8,10,19H,3,6-7,9H2,1-2H3. The Labute approximate surface area is 130 Å². The summed E-state index contributed by atoms with van der Waals surface area (Å²) < 4.78 is 46.7. The van der Waals surface area contributed by atoms with Gasteiger partial charge < -0.3 is 14.8 Å². The second-order valence-electron chi connectivity index (χ2n) is 4.48. The van der Waals surface area contributed by atoms with Gasteiger partial charge in [0.1, 0.15) is 19.0 Å². The van der Waals surface area contributed by atoms with Gasteiger partial charge in [-0.05, 0) is 31.7 Å². The number of rotatable bonds is 8. The number of alkyl halides is 3. The van der Waals surface area contributed by atoms with Gasteiger partial charge in [-0.3, -0.25) is 0 Å². The molecule has 1 atom stereocenters. The third-order valence-corrected chi connectivity index (χ3v) is 3.19. The fourth-order valence-corrected chi connectivity index (χ4v) is 2.18. The normalized spacial score (nSPS) is 13.2. The van der Waals surface area contributed by atoms with Crippen LogP contribution in [0.25, 0.3) is 0 Å². The van der Waals surface area contributed by atoms with Crippen LogP contribution in [0.2, 0.25) is 0 Å². The molecule has 0 aromatic heterocycles. The quantitative estimate of drug-likeness (QED) is 0.700. The third-order valence-electron chi connectivity index (χ3n) is 2.70. The van der Waals surface area contributed by atoms with E-state index in [1.165, 1.54) is 0 Å². The molecule has 0 saturated carbocycles. The molecule has 0 aliphatic rings. The summed E-state index contributed by atoms with van der Waals surface area (Å²) in [7, 11) is 0. The summed E-state index contributed by atoms with van der Waals surface area (Å²) in [4.78, 5) is 0. The summed E-state index contributed by atoms with van der Waals surface area (Å²) in [6.07, 6.45) is -4.30. The van der Waals surface area contributed by atoms with Crippen molar-refractivity contribution in [2.75, 3.05) is 26.4 Å². The lowest BCUT2D eigenvalue weighted by Gasteiger charge is -2.18. The minimum atomic E-state index is -4.30. The smallest absolute Gasteiger partial charge is 0.411 e. The summed E-state index contributed by atoms with van der Waals surface area (Å²) >= 11 is 3.40. The van der Waals surface area contributed by atoms with Crippen molar-refractivity contribution in [3.63, 3.8) is 0 Å². The molecule has 0 spiro atoms. The lowest BCUT2D eigenvalue weighted by atomic mass is 10.1. The van der Waals surface area contributed by atoms with E-state index >= 15 is 0 Å². The SMILES string of the molecule is CCNC(C)c1cc(Br)ccc1OCCOCC(F)(F)F. The first-order valence-corrected chi connectivity index (χ1v) is 7.43. The van der Waals surface area contributed by atoms with Crippen molar-refractivity contribution in [3.05, 3.63) is 28.2 Å². The zero-order chi connectivity index (χ0) is 15.9. The van der Waals surface area contributed by atoms with Gasteiger partial charge in [0, 0.05) is 16.1 Å². The molecule has 0 amide bonds. The van der Waals surface area contributed by atoms with Crippen LogP contribution in [0.5, 0.6) is 5.75 Å². The van der Waals surface area contributed by atoms with E-state index in [0.717, 1.165) is 16.6 Å². The van der Waals surface area contributed by atoms with Crippen LogP contribution in [0, 0.1) is 0 Å². The Morgan fingerprint density at radius 2 is 2.00 bits per heavy atom. The third kappa shape index (κ3) is 7.15. The minimum Gasteiger partial charge on any atom is -0.491 e. The van der Waals surface area contributed by atoms with E-state index in [-0.39, 0.29) is 19.3 Å². The largest absolute Gasteiger partial charge is 0.491 e. The van der Waals surface area contributed by atoms with Crippen LogP contribution in [0.15, 0.2) is 22.7 Å². The van der Waals surface area contributed by atoms with Gasteiger partial charge >= 0.3 is 6.18 Å². The fraction of sp³-hybridized carbons (Fsp3) is 0.571. The molecule has 0 saturated heterocycles. The highest BCUT2D eigenvalue weighted by atomic mass is 79.9. The van der Waals surface area contributed by atoms with E-state index in [1.807, 2.05) is 26.0 Å². The molecule has 120 valence electrons. The van der Waals surface area contributed by atoms with Gasteiger partial charge in [-0.15, -0.1) is 0 Å². The predicted molar refractivity (Wildman–Crippen MR) is 78.6 cm³/mol. The van der Waals surface area contributed by atoms with Crippen LogP contribution < -0.4 is 10.1 Å². The van der Waals surface area contributed by atoms with Gasteiger partial charge in [-0.2, -0.15) is 13.2 Å². The first-order valence-electron chi connectivity index (χ1n) is 6.63. The van der Waals surface area contributed by atoms with E-state index in [0.29, 0.717) is 5.75 Å². The van der Waals surface area contributed by atoms with Crippen molar-refractivity contribution in [2.24, 2.45) is 0 Å². The molecule has 0 aliphatic carbocycles. The second-order valence-corrected chi connectivity index (χ2v) is 5.39. The first kappa shape index (κ1) is 18.3. The monoisotopic (exact) mass is 369 g/mol. The predicted octanol–water partition coefficient (Wildman–Crippen LogP) is 4.08. The lowest BCUT2D eigenvalue weighted by molar-refractivity contribution is -0.175. The van der Waals surface area contributed by atoms with Crippen molar-refractivity contribution in [2.45, 2.75) is 26.1 Å². The Bertz CT molecular complexity index is 441. The molecular weight excluding hydrogens is 351 g/mol. The molecule has 7 heteroatoms. The Balaban J connectivity index is 2.54. The molecule has 1 aromatic rings. The summed E-state index contributed by atoms with van der Waals surface area (Å²) in [5.41, 5.74) is 0.946. The lowest BCUT2D eigenvalue weighted by Crippen LogP contribution is -2.21. The van der Waals surface area contributed by atoms with Gasteiger partial charge in [-0.25, -0.2) is 0 Å². The van der Waals surface area contributed by atoms with E-state index in [9.17, 15) is 13.2 Å². The van der Waals surface area contributed by atoms with Crippen LogP contribution in [-0.4, -0.2) is 32.5 Å². The van der Waals surface area contributed by atoms with Gasteiger partial charge in [0.2, 0.25) is 0 Å². The van der Waals surface area contributed by atoms with Crippen LogP contribution >= 0.6 is 15.9 Å². The van der Waals surface area contributed by atoms with Crippen molar-refractivity contribution >= 4 is 15.9 Å². The van der Waals surface area contributed by atoms with Crippen molar-refractivity contribution < 1.29 is 22.6 Å². The topological polar surface area (TPSA) is 30.5 Å². The maximum absolute atomic E-state index is 11.9. The van der Waals surface area contributed by atoms with Gasteiger partial charge in [0.25, 0.3) is 0 Å². The Kier molecular flexibility index (Phi) is 7.48. The molecule has 3 nitrogen and oxygen atoms in total. The van der Waals surface area contributed by atoms with Gasteiger partial charge in [0.05, 0.1) is 6.61 Å². The Morgan fingerprint density at radius 3 is 2.62 bits per heavy atom. The molecule has 21 heavy (non-hydrogen) atoms. The van der Waals surface area contributed by atoms with E-state index in [2.05, 4.69) is 26.0 Å². The van der Waals surface area contributed by atoms with Gasteiger partial charge in [0.15, 0.2) is 0 Å². The molecule has 1 unspecified atom stereocenters. The Morgan fingerprint density at radius 1 is 1.29 bits per heavy atom. The van der Waals surface area contributed by atoms with Crippen LogP contribution in [0.4, 0.5) is 13.2 Å². The zero-order valence-corrected chi connectivity index (χ0v) is 13.6. The minimum absolute atomic E-state index is 0.0730. The molecule has 0 bridgehead atoms. The van der Waals surface area contributed by atoms with Gasteiger partial charge in [-0.1, -0.05) is 22.9 Å². The summed E-state index contributed by atoms with van der Waals surface area (Å²) in [5.74, 6) is 0.641. The van der Waals surface area contributed by atoms with E-state index in [4.69, 9.17) is 4.74 Å². The molecular formula is C14H19BrF3NO2. The van der Waals surface area contributed by atoms with E-state index in [1.54, 1.807) is 6.07 Å². The van der Waals surface area contributed by atoms with Crippen molar-refractivity contribution in [1.82, 2.24) is 5.32 Å². The van der Waals surface area contributed by atoms with E-state index < -0.39 is 12.8 Å². The first-order chi connectivity index (χ1) is 9.83. The number of nitrogens with one attached hydrogen (secondary N) is 1. The molecule has 1 aromatic carbocycles. The van der Waals surface area contributed by atoms with Crippen LogP contribution in [0.3, 0.4) is 0 Å². The highest BCUT2D eigenvalue weighted by Crippen LogP contribution is 2.28. The number of benzene rings is 1. The molecule has 0 fully saturated rings. The fourth-order valence-electron chi connectivity index (χ4n) is 1.80. The molecule has 1 N–H and O–H groups in total. The molecule has 0 radical (unpaired) electrons. The number of ether oxygens (including phenoxy) is 2. The molecule has 1 rings (SSSR count). The zero-order valence-electron chi connectivity index (χ0n) is 12.0. The highest BCUT2D eigenvalue weighted by molar-refractivity contribution is 9.10.